The van der Waals surface area contributed by atoms with Gasteiger partial charge in [0.25, 0.3) is 5.91 Å². The van der Waals surface area contributed by atoms with Crippen molar-refractivity contribution in [3.8, 4) is 5.69 Å². The topological polar surface area (TPSA) is 64.0 Å². The quantitative estimate of drug-likeness (QED) is 0.778. The second-order valence-electron chi connectivity index (χ2n) is 6.48. The van der Waals surface area contributed by atoms with Gasteiger partial charge in [0.05, 0.1) is 5.69 Å². The normalized spacial score (nSPS) is 10.8. The molecule has 0 aliphatic carbocycles. The van der Waals surface area contributed by atoms with Gasteiger partial charge in [-0.3, -0.25) is 9.59 Å². The third kappa shape index (κ3) is 3.72. The molecular formula is C21H21N3O2. The van der Waals surface area contributed by atoms with Crippen LogP contribution in [-0.2, 0) is 0 Å². The lowest BCUT2D eigenvalue weighted by Crippen LogP contribution is -2.26. The fraction of sp³-hybridized carbons (Fsp3) is 0.190. The van der Waals surface area contributed by atoms with Crippen LogP contribution in [0.5, 0.6) is 0 Å². The van der Waals surface area contributed by atoms with E-state index in [0.717, 1.165) is 11.3 Å². The fourth-order valence-corrected chi connectivity index (χ4v) is 2.70. The van der Waals surface area contributed by atoms with Gasteiger partial charge in [0.1, 0.15) is 0 Å². The molecule has 0 radical (unpaired) electrons. The van der Waals surface area contributed by atoms with Gasteiger partial charge in [-0.05, 0) is 42.7 Å². The summed E-state index contributed by atoms with van der Waals surface area (Å²) >= 11 is 0. The summed E-state index contributed by atoms with van der Waals surface area (Å²) in [6.07, 6.45) is 0. The van der Waals surface area contributed by atoms with Crippen molar-refractivity contribution in [1.82, 2.24) is 9.78 Å². The van der Waals surface area contributed by atoms with E-state index in [1.807, 2.05) is 48.5 Å². The minimum Gasteiger partial charge on any atom is -0.320 e. The van der Waals surface area contributed by atoms with Gasteiger partial charge in [-0.15, -0.1) is 0 Å². The summed E-state index contributed by atoms with van der Waals surface area (Å²) in [5, 5.41) is 7.07. The van der Waals surface area contributed by atoms with E-state index in [9.17, 15) is 9.59 Å². The van der Waals surface area contributed by atoms with Crippen molar-refractivity contribution >= 4 is 11.6 Å². The second kappa shape index (κ2) is 7.35. The van der Waals surface area contributed by atoms with Crippen molar-refractivity contribution in [2.45, 2.75) is 26.7 Å². The summed E-state index contributed by atoms with van der Waals surface area (Å²) in [5.41, 5.74) is 2.69. The van der Waals surface area contributed by atoms with Gasteiger partial charge in [-0.25, -0.2) is 4.68 Å². The van der Waals surface area contributed by atoms with E-state index in [4.69, 9.17) is 0 Å². The summed E-state index contributed by atoms with van der Waals surface area (Å²) in [6.45, 7) is 5.96. The highest BCUT2D eigenvalue weighted by molar-refractivity contribution is 6.02. The number of rotatable bonds is 4. The van der Waals surface area contributed by atoms with Gasteiger partial charge in [0, 0.05) is 17.4 Å². The lowest BCUT2D eigenvalue weighted by Gasteiger charge is -2.12. The van der Waals surface area contributed by atoms with Crippen molar-refractivity contribution in [3.05, 3.63) is 87.8 Å². The number of amides is 1. The molecule has 0 spiro atoms. The summed E-state index contributed by atoms with van der Waals surface area (Å²) in [5.74, 6) is -0.166. The lowest BCUT2D eigenvalue weighted by molar-refractivity contribution is 0.101. The van der Waals surface area contributed by atoms with Crippen molar-refractivity contribution in [2.24, 2.45) is 0 Å². The van der Waals surface area contributed by atoms with Crippen LogP contribution in [0.25, 0.3) is 5.69 Å². The Balaban J connectivity index is 1.95. The smallest absolute Gasteiger partial charge is 0.280 e. The van der Waals surface area contributed by atoms with Crippen molar-refractivity contribution in [2.75, 3.05) is 5.32 Å². The number of aromatic nitrogens is 2. The molecule has 0 aliphatic rings. The number of nitrogens with zero attached hydrogens (tertiary/aromatic N) is 2. The lowest BCUT2D eigenvalue weighted by atomic mass is 10.0. The molecule has 132 valence electrons. The number of carbonyl (C=O) groups excluding carboxylic acids is 1. The second-order valence-corrected chi connectivity index (χ2v) is 6.48. The summed E-state index contributed by atoms with van der Waals surface area (Å²) in [4.78, 5) is 24.9. The number of para-hydroxylation sites is 1. The molecule has 0 fully saturated rings. The first-order valence-electron chi connectivity index (χ1n) is 8.53. The molecule has 1 N–H and O–H groups in total. The molecular weight excluding hydrogens is 326 g/mol. The van der Waals surface area contributed by atoms with Crippen molar-refractivity contribution in [3.63, 3.8) is 0 Å². The van der Waals surface area contributed by atoms with Crippen LogP contribution in [0, 0.1) is 6.92 Å². The van der Waals surface area contributed by atoms with Crippen LogP contribution in [0.15, 0.2) is 65.5 Å². The van der Waals surface area contributed by atoms with Crippen LogP contribution < -0.4 is 10.7 Å². The summed E-state index contributed by atoms with van der Waals surface area (Å²) < 4.78 is 1.60. The minimum atomic E-state index is -0.513. The number of hydrogen-bond donors (Lipinski definition) is 1. The van der Waals surface area contributed by atoms with E-state index >= 15 is 0 Å². The van der Waals surface area contributed by atoms with E-state index in [1.54, 1.807) is 17.7 Å². The maximum atomic E-state index is 12.6. The first-order valence-corrected chi connectivity index (χ1v) is 8.53. The van der Waals surface area contributed by atoms with Crippen LogP contribution in [0.3, 0.4) is 0 Å². The molecule has 26 heavy (non-hydrogen) atoms. The molecule has 0 saturated carbocycles. The number of nitrogens with one attached hydrogen (secondary N) is 1. The van der Waals surface area contributed by atoms with E-state index in [0.29, 0.717) is 17.3 Å². The van der Waals surface area contributed by atoms with Gasteiger partial charge in [-0.1, -0.05) is 44.2 Å². The van der Waals surface area contributed by atoms with Gasteiger partial charge in [-0.2, -0.15) is 5.10 Å². The van der Waals surface area contributed by atoms with E-state index in [-0.39, 0.29) is 5.69 Å². The average molecular weight is 347 g/mol. The van der Waals surface area contributed by atoms with E-state index in [1.165, 1.54) is 6.07 Å². The molecule has 3 aromatic rings. The number of aryl methyl sites for hydroxylation is 1. The third-order valence-electron chi connectivity index (χ3n) is 4.13. The van der Waals surface area contributed by atoms with Gasteiger partial charge in [0.15, 0.2) is 5.69 Å². The first-order chi connectivity index (χ1) is 12.5. The minimum absolute atomic E-state index is 0.130. The summed E-state index contributed by atoms with van der Waals surface area (Å²) in [7, 11) is 0. The Morgan fingerprint density at radius 2 is 1.77 bits per heavy atom. The Labute approximate surface area is 152 Å². The van der Waals surface area contributed by atoms with E-state index in [2.05, 4.69) is 24.3 Å². The van der Waals surface area contributed by atoms with Gasteiger partial charge < -0.3 is 5.32 Å². The predicted molar refractivity (Wildman–Crippen MR) is 103 cm³/mol. The van der Waals surface area contributed by atoms with Crippen LogP contribution >= 0.6 is 0 Å². The monoisotopic (exact) mass is 347 g/mol. The van der Waals surface area contributed by atoms with Crippen LogP contribution in [0.4, 0.5) is 5.69 Å². The third-order valence-corrected chi connectivity index (χ3v) is 4.13. The number of hydrogen-bond acceptors (Lipinski definition) is 3. The van der Waals surface area contributed by atoms with Gasteiger partial charge >= 0.3 is 0 Å². The Morgan fingerprint density at radius 1 is 1.04 bits per heavy atom. The van der Waals surface area contributed by atoms with Gasteiger partial charge in [0.2, 0.25) is 5.43 Å². The Hall–Kier alpha value is -3.21. The van der Waals surface area contributed by atoms with E-state index < -0.39 is 11.3 Å². The fourth-order valence-electron chi connectivity index (χ4n) is 2.70. The molecule has 2 aromatic carbocycles. The number of anilines is 1. The highest BCUT2D eigenvalue weighted by atomic mass is 16.2. The maximum absolute atomic E-state index is 12.6. The Morgan fingerprint density at radius 3 is 2.46 bits per heavy atom. The molecule has 0 unspecified atom stereocenters. The molecule has 3 rings (SSSR count). The van der Waals surface area contributed by atoms with Crippen LogP contribution in [0.2, 0.25) is 0 Å². The SMILES string of the molecule is Cc1cc(=O)c(C(=O)Nc2cccc(C(C)C)c2)nn1-c1ccccc1. The van der Waals surface area contributed by atoms with Crippen LogP contribution in [0.1, 0.15) is 41.5 Å². The highest BCUT2D eigenvalue weighted by Gasteiger charge is 2.16. The average Bonchev–Trinajstić information content (AvgIpc) is 2.62. The highest BCUT2D eigenvalue weighted by Crippen LogP contribution is 2.18. The molecule has 1 amide bonds. The molecule has 1 heterocycles. The Kier molecular flexibility index (Phi) is 4.98. The summed E-state index contributed by atoms with van der Waals surface area (Å²) in [6, 6.07) is 18.4. The molecule has 0 bridgehead atoms. The van der Waals surface area contributed by atoms with Crippen LogP contribution in [-0.4, -0.2) is 15.7 Å². The molecule has 0 aliphatic heterocycles. The molecule has 0 saturated heterocycles. The zero-order chi connectivity index (χ0) is 18.7. The Bertz CT molecular complexity index is 992. The molecule has 5 heteroatoms. The molecule has 0 atom stereocenters. The zero-order valence-electron chi connectivity index (χ0n) is 15.1. The van der Waals surface area contributed by atoms with Crippen molar-refractivity contribution < 1.29 is 4.79 Å². The largest absolute Gasteiger partial charge is 0.320 e. The predicted octanol–water partition coefficient (Wildman–Crippen LogP) is 3.92. The maximum Gasteiger partial charge on any atom is 0.280 e. The first kappa shape index (κ1) is 17.6. The standard InChI is InChI=1S/C21H21N3O2/c1-14(2)16-8-7-9-17(13-16)22-21(26)20-19(25)12-15(3)24(23-20)18-10-5-4-6-11-18/h4-14H,1-3H3,(H,22,26). The number of carbonyl (C=O) groups is 1. The van der Waals surface area contributed by atoms with Crippen molar-refractivity contribution in [1.29, 1.82) is 0 Å². The number of benzene rings is 2. The molecule has 1 aromatic heterocycles. The zero-order valence-corrected chi connectivity index (χ0v) is 15.1. The molecule has 5 nitrogen and oxygen atoms in total.